The third-order valence-electron chi connectivity index (χ3n) is 2.28. The van der Waals surface area contributed by atoms with Crippen molar-refractivity contribution in [2.75, 3.05) is 7.11 Å². The van der Waals surface area contributed by atoms with Gasteiger partial charge in [0.25, 0.3) is 0 Å². The van der Waals surface area contributed by atoms with Crippen molar-refractivity contribution in [1.29, 1.82) is 0 Å². The molecule has 3 nitrogen and oxygen atoms in total. The second-order valence-corrected chi connectivity index (χ2v) is 3.02. The van der Waals surface area contributed by atoms with Gasteiger partial charge in [-0.3, -0.25) is 4.79 Å². The minimum absolute atomic E-state index is 0.0487. The summed E-state index contributed by atoms with van der Waals surface area (Å²) >= 11 is 0. The molecule has 2 N–H and O–H groups in total. The predicted molar refractivity (Wildman–Crippen MR) is 48.7 cm³/mol. The van der Waals surface area contributed by atoms with E-state index in [1.165, 1.54) is 7.11 Å². The molecule has 0 unspecified atom stereocenters. The monoisotopic (exact) mass is 173 g/mol. The Bertz CT molecular complexity index is 132. The maximum atomic E-state index is 10.9. The summed E-state index contributed by atoms with van der Waals surface area (Å²) in [5.74, 6) is 0.221. The van der Waals surface area contributed by atoms with E-state index < -0.39 is 0 Å². The molecule has 0 aromatic heterocycles. The van der Waals surface area contributed by atoms with E-state index in [1.54, 1.807) is 0 Å². The fourth-order valence-electron chi connectivity index (χ4n) is 1.34. The zero-order valence-corrected chi connectivity index (χ0v) is 8.17. The Morgan fingerprint density at radius 3 is 2.25 bits per heavy atom. The standard InChI is InChI=1S/C9H19NO2/c1-4-7(5-2)8(10)6-9(11)12-3/h7-8H,4-6,10H2,1-3H3/t8-/m0/s1. The molecule has 0 saturated heterocycles. The van der Waals surface area contributed by atoms with Gasteiger partial charge < -0.3 is 10.5 Å². The first kappa shape index (κ1) is 11.4. The van der Waals surface area contributed by atoms with Crippen LogP contribution in [0.15, 0.2) is 0 Å². The Morgan fingerprint density at radius 1 is 1.42 bits per heavy atom. The van der Waals surface area contributed by atoms with Gasteiger partial charge in [0.2, 0.25) is 0 Å². The molecule has 0 aromatic carbocycles. The number of carbonyl (C=O) groups excluding carboxylic acids is 1. The summed E-state index contributed by atoms with van der Waals surface area (Å²) in [6, 6.07) is -0.0487. The number of rotatable bonds is 5. The highest BCUT2D eigenvalue weighted by Crippen LogP contribution is 2.13. The van der Waals surface area contributed by atoms with Gasteiger partial charge in [-0.1, -0.05) is 26.7 Å². The molecule has 0 heterocycles. The number of methoxy groups -OCH3 is 1. The zero-order chi connectivity index (χ0) is 9.56. The number of hydrogen-bond donors (Lipinski definition) is 1. The molecule has 0 aliphatic rings. The molecular formula is C9H19NO2. The van der Waals surface area contributed by atoms with Crippen LogP contribution in [0.5, 0.6) is 0 Å². The van der Waals surface area contributed by atoms with Gasteiger partial charge in [-0.2, -0.15) is 0 Å². The second kappa shape index (κ2) is 6.00. The zero-order valence-electron chi connectivity index (χ0n) is 8.17. The van der Waals surface area contributed by atoms with E-state index in [0.717, 1.165) is 12.8 Å². The van der Waals surface area contributed by atoms with Gasteiger partial charge in [0.1, 0.15) is 0 Å². The first-order valence-corrected chi connectivity index (χ1v) is 4.48. The molecule has 0 saturated carbocycles. The quantitative estimate of drug-likeness (QED) is 0.638. The normalized spacial score (nSPS) is 13.1. The summed E-state index contributed by atoms with van der Waals surface area (Å²) < 4.78 is 4.54. The average molecular weight is 173 g/mol. The highest BCUT2D eigenvalue weighted by atomic mass is 16.5. The lowest BCUT2D eigenvalue weighted by molar-refractivity contribution is -0.141. The van der Waals surface area contributed by atoms with Crippen LogP contribution in [0.1, 0.15) is 33.1 Å². The van der Waals surface area contributed by atoms with Crippen molar-refractivity contribution in [1.82, 2.24) is 0 Å². The van der Waals surface area contributed by atoms with Gasteiger partial charge in [-0.15, -0.1) is 0 Å². The van der Waals surface area contributed by atoms with Crippen LogP contribution in [0.25, 0.3) is 0 Å². The smallest absolute Gasteiger partial charge is 0.307 e. The molecule has 0 amide bonds. The molecule has 0 aromatic rings. The van der Waals surface area contributed by atoms with Crippen LogP contribution in [0.4, 0.5) is 0 Å². The van der Waals surface area contributed by atoms with E-state index in [-0.39, 0.29) is 12.0 Å². The van der Waals surface area contributed by atoms with Crippen LogP contribution < -0.4 is 5.73 Å². The van der Waals surface area contributed by atoms with Crippen LogP contribution >= 0.6 is 0 Å². The molecule has 0 bridgehead atoms. The Balaban J connectivity index is 3.83. The summed E-state index contributed by atoms with van der Waals surface area (Å²) in [4.78, 5) is 10.9. The lowest BCUT2D eigenvalue weighted by atomic mass is 9.93. The van der Waals surface area contributed by atoms with Gasteiger partial charge in [0.15, 0.2) is 0 Å². The number of nitrogens with two attached hydrogens (primary N) is 1. The first-order valence-electron chi connectivity index (χ1n) is 4.48. The minimum Gasteiger partial charge on any atom is -0.469 e. The Hall–Kier alpha value is -0.570. The molecule has 0 rings (SSSR count). The highest BCUT2D eigenvalue weighted by molar-refractivity contribution is 5.69. The molecule has 72 valence electrons. The molecule has 12 heavy (non-hydrogen) atoms. The molecular weight excluding hydrogens is 154 g/mol. The number of ether oxygens (including phenoxy) is 1. The van der Waals surface area contributed by atoms with E-state index in [9.17, 15) is 4.79 Å². The summed E-state index contributed by atoms with van der Waals surface area (Å²) in [5, 5.41) is 0. The summed E-state index contributed by atoms with van der Waals surface area (Å²) in [6.07, 6.45) is 2.38. The van der Waals surface area contributed by atoms with Crippen LogP contribution in [-0.2, 0) is 9.53 Å². The fraction of sp³-hybridized carbons (Fsp3) is 0.889. The van der Waals surface area contributed by atoms with Crippen molar-refractivity contribution in [2.45, 2.75) is 39.2 Å². The van der Waals surface area contributed by atoms with Crippen molar-refractivity contribution in [3.05, 3.63) is 0 Å². The molecule has 0 aliphatic carbocycles. The molecule has 3 heteroatoms. The van der Waals surface area contributed by atoms with E-state index >= 15 is 0 Å². The Kier molecular flexibility index (Phi) is 5.72. The van der Waals surface area contributed by atoms with Crippen LogP contribution in [0.2, 0.25) is 0 Å². The molecule has 0 spiro atoms. The maximum Gasteiger partial charge on any atom is 0.307 e. The summed E-state index contributed by atoms with van der Waals surface area (Å²) in [7, 11) is 1.39. The van der Waals surface area contributed by atoms with E-state index in [0.29, 0.717) is 12.3 Å². The van der Waals surface area contributed by atoms with Gasteiger partial charge in [-0.05, 0) is 5.92 Å². The maximum absolute atomic E-state index is 10.9. The van der Waals surface area contributed by atoms with Crippen molar-refractivity contribution in [3.8, 4) is 0 Å². The molecule has 0 fully saturated rings. The molecule has 0 radical (unpaired) electrons. The Morgan fingerprint density at radius 2 is 1.92 bits per heavy atom. The third kappa shape index (κ3) is 3.72. The first-order chi connectivity index (χ1) is 5.65. The number of hydrogen-bond acceptors (Lipinski definition) is 3. The van der Waals surface area contributed by atoms with Crippen LogP contribution in [0, 0.1) is 5.92 Å². The molecule has 0 aliphatic heterocycles. The lowest BCUT2D eigenvalue weighted by Gasteiger charge is -2.19. The minimum atomic E-state index is -0.214. The van der Waals surface area contributed by atoms with Gasteiger partial charge in [-0.25, -0.2) is 0 Å². The Labute approximate surface area is 74.3 Å². The fourth-order valence-corrected chi connectivity index (χ4v) is 1.34. The van der Waals surface area contributed by atoms with Crippen molar-refractivity contribution >= 4 is 5.97 Å². The number of carbonyl (C=O) groups is 1. The van der Waals surface area contributed by atoms with Gasteiger partial charge >= 0.3 is 5.97 Å². The van der Waals surface area contributed by atoms with Crippen LogP contribution in [-0.4, -0.2) is 19.1 Å². The topological polar surface area (TPSA) is 52.3 Å². The van der Waals surface area contributed by atoms with E-state index in [4.69, 9.17) is 5.73 Å². The van der Waals surface area contributed by atoms with E-state index in [2.05, 4.69) is 18.6 Å². The van der Waals surface area contributed by atoms with E-state index in [1.807, 2.05) is 0 Å². The average Bonchev–Trinajstić information content (AvgIpc) is 2.06. The second-order valence-electron chi connectivity index (χ2n) is 3.02. The SMILES string of the molecule is CCC(CC)[C@@H](N)CC(=O)OC. The van der Waals surface area contributed by atoms with Gasteiger partial charge in [0.05, 0.1) is 13.5 Å². The predicted octanol–water partition coefficient (Wildman–Crippen LogP) is 1.31. The van der Waals surface area contributed by atoms with Crippen molar-refractivity contribution in [2.24, 2.45) is 11.7 Å². The van der Waals surface area contributed by atoms with Crippen molar-refractivity contribution < 1.29 is 9.53 Å². The lowest BCUT2D eigenvalue weighted by Crippen LogP contribution is -2.32. The summed E-state index contributed by atoms with van der Waals surface area (Å²) in [6.45, 7) is 4.18. The third-order valence-corrected chi connectivity index (χ3v) is 2.28. The van der Waals surface area contributed by atoms with Crippen LogP contribution in [0.3, 0.4) is 0 Å². The van der Waals surface area contributed by atoms with Gasteiger partial charge in [0, 0.05) is 6.04 Å². The van der Waals surface area contributed by atoms with Crippen molar-refractivity contribution in [3.63, 3.8) is 0 Å². The largest absolute Gasteiger partial charge is 0.469 e. The highest BCUT2D eigenvalue weighted by Gasteiger charge is 2.17. The molecule has 1 atom stereocenters. The summed E-state index contributed by atoms with van der Waals surface area (Å²) in [5.41, 5.74) is 5.81. The number of esters is 1.